The fourth-order valence-corrected chi connectivity index (χ4v) is 2.40. The lowest BCUT2D eigenvalue weighted by molar-refractivity contribution is -0.141. The summed E-state index contributed by atoms with van der Waals surface area (Å²) in [4.78, 5) is 16.3. The third-order valence-corrected chi connectivity index (χ3v) is 3.29. The minimum Gasteiger partial charge on any atom is -0.480 e. The topological polar surface area (TPSA) is 65.6 Å². The first kappa shape index (κ1) is 11.1. The number of hydrogen-bond donors (Lipinski definition) is 2. The molecule has 5 heteroatoms. The number of nitrogens with zero attached hydrogens (tertiary/aromatic N) is 1. The molecule has 0 amide bonds. The first-order valence-electron chi connectivity index (χ1n) is 5.90. The number of benzene rings is 1. The molecule has 1 aliphatic rings. The van der Waals surface area contributed by atoms with Gasteiger partial charge in [0.1, 0.15) is 0 Å². The molecular formula is C13H14N2O3. The lowest BCUT2D eigenvalue weighted by Gasteiger charge is -2.34. The number of H-pyrrole nitrogens is 1. The predicted molar refractivity (Wildman–Crippen MR) is 67.9 cm³/mol. The molecule has 0 bridgehead atoms. The molecule has 94 valence electrons. The van der Waals surface area contributed by atoms with Crippen LogP contribution in [0.2, 0.25) is 0 Å². The number of nitrogens with one attached hydrogen (secondary N) is 1. The summed E-state index contributed by atoms with van der Waals surface area (Å²) in [6.45, 7) is 1.38. The molecule has 0 radical (unpaired) electrons. The highest BCUT2D eigenvalue weighted by Crippen LogP contribution is 2.28. The van der Waals surface area contributed by atoms with Crippen LogP contribution in [0.15, 0.2) is 30.5 Å². The summed E-state index contributed by atoms with van der Waals surface area (Å²) in [5.41, 5.74) is 1.90. The van der Waals surface area contributed by atoms with Gasteiger partial charge in [0.15, 0.2) is 6.04 Å². The molecule has 2 N–H and O–H groups in total. The van der Waals surface area contributed by atoms with E-state index in [9.17, 15) is 9.90 Å². The van der Waals surface area contributed by atoms with Gasteiger partial charge in [-0.25, -0.2) is 4.79 Å². The second-order valence-electron chi connectivity index (χ2n) is 4.34. The van der Waals surface area contributed by atoms with Gasteiger partial charge >= 0.3 is 5.97 Å². The molecule has 2 heterocycles. The van der Waals surface area contributed by atoms with E-state index in [0.29, 0.717) is 13.2 Å². The van der Waals surface area contributed by atoms with Crippen molar-refractivity contribution in [2.75, 3.05) is 24.7 Å². The van der Waals surface area contributed by atoms with E-state index in [0.717, 1.165) is 16.6 Å². The molecule has 1 atom stereocenters. The van der Waals surface area contributed by atoms with Crippen LogP contribution in [0.1, 0.15) is 0 Å². The molecule has 1 fully saturated rings. The molecule has 5 nitrogen and oxygen atoms in total. The van der Waals surface area contributed by atoms with Crippen LogP contribution in [0.4, 0.5) is 5.69 Å². The summed E-state index contributed by atoms with van der Waals surface area (Å²) in [5, 5.41) is 10.3. The number of aliphatic carboxylic acids is 1. The zero-order valence-corrected chi connectivity index (χ0v) is 9.80. The zero-order chi connectivity index (χ0) is 12.5. The summed E-state index contributed by atoms with van der Waals surface area (Å²) < 4.78 is 5.26. The molecule has 1 unspecified atom stereocenters. The van der Waals surface area contributed by atoms with Gasteiger partial charge in [-0.2, -0.15) is 0 Å². The molecule has 18 heavy (non-hydrogen) atoms. The van der Waals surface area contributed by atoms with Gasteiger partial charge in [-0.05, 0) is 12.1 Å². The van der Waals surface area contributed by atoms with Gasteiger partial charge in [0, 0.05) is 18.1 Å². The standard InChI is InChI=1S/C13H14N2O3/c16-13(17)11-8-18-7-6-15(11)10-3-1-2-9-4-5-14-12(9)10/h1-5,11,14H,6-8H2,(H,16,17). The van der Waals surface area contributed by atoms with Crippen LogP contribution in [0.25, 0.3) is 10.9 Å². The van der Waals surface area contributed by atoms with Crippen molar-refractivity contribution >= 4 is 22.6 Å². The van der Waals surface area contributed by atoms with Crippen LogP contribution in [0, 0.1) is 0 Å². The fourth-order valence-electron chi connectivity index (χ4n) is 2.40. The number of aromatic nitrogens is 1. The van der Waals surface area contributed by atoms with Crippen molar-refractivity contribution in [3.63, 3.8) is 0 Å². The second-order valence-corrected chi connectivity index (χ2v) is 4.34. The van der Waals surface area contributed by atoms with Gasteiger partial charge in [0.05, 0.1) is 24.4 Å². The predicted octanol–water partition coefficient (Wildman–Crippen LogP) is 1.46. The molecule has 1 aromatic carbocycles. The van der Waals surface area contributed by atoms with Crippen molar-refractivity contribution < 1.29 is 14.6 Å². The maximum absolute atomic E-state index is 11.3. The van der Waals surface area contributed by atoms with E-state index in [4.69, 9.17) is 4.74 Å². The van der Waals surface area contributed by atoms with Crippen LogP contribution >= 0.6 is 0 Å². The number of hydrogen-bond acceptors (Lipinski definition) is 3. The van der Waals surface area contributed by atoms with Gasteiger partial charge in [-0.3, -0.25) is 0 Å². The van der Waals surface area contributed by atoms with E-state index in [1.807, 2.05) is 35.4 Å². The molecule has 1 saturated heterocycles. The summed E-state index contributed by atoms with van der Waals surface area (Å²) in [7, 11) is 0. The van der Waals surface area contributed by atoms with Crippen molar-refractivity contribution in [2.45, 2.75) is 6.04 Å². The Hall–Kier alpha value is -2.01. The smallest absolute Gasteiger partial charge is 0.328 e. The number of fused-ring (bicyclic) bond motifs is 1. The number of anilines is 1. The second kappa shape index (κ2) is 4.34. The highest BCUT2D eigenvalue weighted by atomic mass is 16.5. The lowest BCUT2D eigenvalue weighted by atomic mass is 10.1. The van der Waals surface area contributed by atoms with Gasteiger partial charge < -0.3 is 19.7 Å². The number of rotatable bonds is 2. The van der Waals surface area contributed by atoms with E-state index < -0.39 is 12.0 Å². The number of aromatic amines is 1. The average Bonchev–Trinajstić information content (AvgIpc) is 2.86. The van der Waals surface area contributed by atoms with Gasteiger partial charge in [-0.15, -0.1) is 0 Å². The molecule has 2 aromatic rings. The van der Waals surface area contributed by atoms with E-state index in [1.165, 1.54) is 0 Å². The summed E-state index contributed by atoms with van der Waals surface area (Å²) in [6.07, 6.45) is 1.87. The van der Waals surface area contributed by atoms with Crippen LogP contribution in [0.5, 0.6) is 0 Å². The summed E-state index contributed by atoms with van der Waals surface area (Å²) in [6, 6.07) is 7.26. The number of para-hydroxylation sites is 1. The quantitative estimate of drug-likeness (QED) is 0.842. The van der Waals surface area contributed by atoms with Crippen molar-refractivity contribution in [1.29, 1.82) is 0 Å². The Labute approximate surface area is 104 Å². The SMILES string of the molecule is O=C(O)C1COCCN1c1cccc2cc[nH]c12. The van der Waals surface area contributed by atoms with Crippen LogP contribution in [-0.4, -0.2) is 41.9 Å². The van der Waals surface area contributed by atoms with E-state index in [-0.39, 0.29) is 6.61 Å². The number of ether oxygens (including phenoxy) is 1. The minimum absolute atomic E-state index is 0.229. The fraction of sp³-hybridized carbons (Fsp3) is 0.308. The summed E-state index contributed by atoms with van der Waals surface area (Å²) in [5.74, 6) is -0.849. The van der Waals surface area contributed by atoms with Crippen molar-refractivity contribution in [1.82, 2.24) is 4.98 Å². The number of carboxylic acids is 1. The maximum atomic E-state index is 11.3. The lowest BCUT2D eigenvalue weighted by Crippen LogP contribution is -2.50. The molecule has 0 saturated carbocycles. The summed E-state index contributed by atoms with van der Waals surface area (Å²) >= 11 is 0. The zero-order valence-electron chi connectivity index (χ0n) is 9.80. The molecule has 3 rings (SSSR count). The van der Waals surface area contributed by atoms with E-state index in [2.05, 4.69) is 4.98 Å². The third kappa shape index (κ3) is 1.73. The third-order valence-electron chi connectivity index (χ3n) is 3.29. The molecule has 1 aromatic heterocycles. The Morgan fingerprint density at radius 3 is 3.17 bits per heavy atom. The minimum atomic E-state index is -0.849. The first-order chi connectivity index (χ1) is 8.77. The maximum Gasteiger partial charge on any atom is 0.328 e. The molecule has 0 spiro atoms. The van der Waals surface area contributed by atoms with Crippen LogP contribution in [-0.2, 0) is 9.53 Å². The number of carbonyl (C=O) groups is 1. The largest absolute Gasteiger partial charge is 0.480 e. The van der Waals surface area contributed by atoms with Crippen molar-refractivity contribution in [3.8, 4) is 0 Å². The van der Waals surface area contributed by atoms with Gasteiger partial charge in [0.25, 0.3) is 0 Å². The van der Waals surface area contributed by atoms with E-state index in [1.54, 1.807) is 0 Å². The molecular weight excluding hydrogens is 232 g/mol. The monoisotopic (exact) mass is 246 g/mol. The number of morpholine rings is 1. The first-order valence-corrected chi connectivity index (χ1v) is 5.90. The van der Waals surface area contributed by atoms with Crippen LogP contribution < -0.4 is 4.90 Å². The van der Waals surface area contributed by atoms with Crippen molar-refractivity contribution in [2.24, 2.45) is 0 Å². The Kier molecular flexibility index (Phi) is 2.68. The Morgan fingerprint density at radius 2 is 2.33 bits per heavy atom. The van der Waals surface area contributed by atoms with Crippen molar-refractivity contribution in [3.05, 3.63) is 30.5 Å². The Balaban J connectivity index is 2.06. The van der Waals surface area contributed by atoms with E-state index >= 15 is 0 Å². The Morgan fingerprint density at radius 1 is 1.44 bits per heavy atom. The molecule has 1 aliphatic heterocycles. The number of carboxylic acid groups (broad SMARTS) is 1. The van der Waals surface area contributed by atoms with Gasteiger partial charge in [-0.1, -0.05) is 12.1 Å². The highest BCUT2D eigenvalue weighted by molar-refractivity contribution is 5.93. The average molecular weight is 246 g/mol. The normalized spacial score (nSPS) is 20.2. The highest BCUT2D eigenvalue weighted by Gasteiger charge is 2.30. The Bertz CT molecular complexity index is 578. The molecule has 0 aliphatic carbocycles. The van der Waals surface area contributed by atoms with Crippen LogP contribution in [0.3, 0.4) is 0 Å². The van der Waals surface area contributed by atoms with Gasteiger partial charge in [0.2, 0.25) is 0 Å².